The maximum atomic E-state index is 9.24. The van der Waals surface area contributed by atoms with Crippen LogP contribution in [0.1, 0.15) is 29.7 Å². The van der Waals surface area contributed by atoms with Crippen LogP contribution in [0.4, 0.5) is 5.69 Å². The van der Waals surface area contributed by atoms with E-state index in [0.717, 1.165) is 44.7 Å². The molecule has 1 aromatic carbocycles. The predicted molar refractivity (Wildman–Crippen MR) is 97.0 cm³/mol. The molecule has 1 aliphatic heterocycles. The zero-order chi connectivity index (χ0) is 16.9. The molecule has 3 rings (SSSR count). The molecule has 0 unspecified atom stereocenters. The maximum absolute atomic E-state index is 9.24. The first kappa shape index (κ1) is 17.0. The zero-order valence-electron chi connectivity index (χ0n) is 14.7. The molecule has 0 saturated carbocycles. The first-order valence-corrected chi connectivity index (χ1v) is 8.80. The molecule has 5 heteroatoms. The largest absolute Gasteiger partial charge is 0.396 e. The normalized spacial score (nSPS) is 15.9. The minimum absolute atomic E-state index is 0.328. The van der Waals surface area contributed by atoms with Crippen molar-refractivity contribution in [2.45, 2.75) is 32.9 Å². The van der Waals surface area contributed by atoms with E-state index in [-0.39, 0.29) is 0 Å². The molecule has 0 radical (unpaired) electrons. The molecule has 0 amide bonds. The summed E-state index contributed by atoms with van der Waals surface area (Å²) in [6.45, 7) is 6.17. The number of nitrogens with one attached hydrogen (secondary N) is 1. The number of benzene rings is 1. The highest BCUT2D eigenvalue weighted by Gasteiger charge is 2.18. The van der Waals surface area contributed by atoms with Crippen LogP contribution >= 0.6 is 0 Å². The van der Waals surface area contributed by atoms with Gasteiger partial charge in [-0.2, -0.15) is 5.10 Å². The van der Waals surface area contributed by atoms with Gasteiger partial charge in [-0.25, -0.2) is 0 Å². The van der Waals surface area contributed by atoms with Gasteiger partial charge < -0.3 is 15.3 Å². The molecular formula is C19H28N4O. The summed E-state index contributed by atoms with van der Waals surface area (Å²) in [5.41, 5.74) is 4.93. The second-order valence-corrected chi connectivity index (χ2v) is 6.80. The molecule has 1 aromatic heterocycles. The number of rotatable bonds is 6. The molecule has 1 saturated heterocycles. The summed E-state index contributed by atoms with van der Waals surface area (Å²) in [6.07, 6.45) is 4.25. The molecule has 0 spiro atoms. The van der Waals surface area contributed by atoms with E-state index in [2.05, 4.69) is 45.8 Å². The Kier molecular flexibility index (Phi) is 5.53. The molecule has 130 valence electrons. The van der Waals surface area contributed by atoms with Gasteiger partial charge in [-0.3, -0.25) is 4.68 Å². The van der Waals surface area contributed by atoms with Gasteiger partial charge in [-0.15, -0.1) is 0 Å². The number of hydrogen-bond acceptors (Lipinski definition) is 4. The van der Waals surface area contributed by atoms with Crippen molar-refractivity contribution in [2.75, 3.05) is 24.6 Å². The van der Waals surface area contributed by atoms with Crippen molar-refractivity contribution in [3.63, 3.8) is 0 Å². The standard InChI is InChI=1S/C19H28N4O/c1-15-18(13-22(2)21-15)12-20-11-16-3-5-19(6-4-16)23-9-7-17(14-24)8-10-23/h3-6,13,17,20,24H,7-12,14H2,1-2H3. The molecule has 1 fully saturated rings. The Hall–Kier alpha value is -1.85. The van der Waals surface area contributed by atoms with E-state index in [1.54, 1.807) is 0 Å². The Morgan fingerprint density at radius 1 is 1.17 bits per heavy atom. The van der Waals surface area contributed by atoms with E-state index in [0.29, 0.717) is 12.5 Å². The number of hydrogen-bond donors (Lipinski definition) is 2. The first-order valence-electron chi connectivity index (χ1n) is 8.80. The third-order valence-electron chi connectivity index (χ3n) is 4.93. The quantitative estimate of drug-likeness (QED) is 0.854. The van der Waals surface area contributed by atoms with Gasteiger partial charge in [0.25, 0.3) is 0 Å². The first-order chi connectivity index (χ1) is 11.7. The molecule has 0 aliphatic carbocycles. The van der Waals surface area contributed by atoms with Crippen LogP contribution in [0.2, 0.25) is 0 Å². The highest BCUT2D eigenvalue weighted by molar-refractivity contribution is 5.48. The second kappa shape index (κ2) is 7.81. The molecular weight excluding hydrogens is 300 g/mol. The van der Waals surface area contributed by atoms with Crippen molar-refractivity contribution in [1.29, 1.82) is 0 Å². The average Bonchev–Trinajstić information content (AvgIpc) is 2.93. The van der Waals surface area contributed by atoms with Crippen LogP contribution < -0.4 is 10.2 Å². The monoisotopic (exact) mass is 328 g/mol. The van der Waals surface area contributed by atoms with Crippen molar-refractivity contribution < 1.29 is 5.11 Å². The lowest BCUT2D eigenvalue weighted by Crippen LogP contribution is -2.34. The minimum Gasteiger partial charge on any atom is -0.396 e. The van der Waals surface area contributed by atoms with Gasteiger partial charge in [0.2, 0.25) is 0 Å². The van der Waals surface area contributed by atoms with Gasteiger partial charge in [0.15, 0.2) is 0 Å². The maximum Gasteiger partial charge on any atom is 0.0638 e. The van der Waals surface area contributed by atoms with Crippen molar-refractivity contribution in [3.05, 3.63) is 47.3 Å². The fourth-order valence-corrected chi connectivity index (χ4v) is 3.36. The highest BCUT2D eigenvalue weighted by atomic mass is 16.3. The number of piperidine rings is 1. The van der Waals surface area contributed by atoms with E-state index >= 15 is 0 Å². The van der Waals surface area contributed by atoms with Crippen LogP contribution in [0.3, 0.4) is 0 Å². The summed E-state index contributed by atoms with van der Waals surface area (Å²) in [6, 6.07) is 8.84. The summed E-state index contributed by atoms with van der Waals surface area (Å²) in [4.78, 5) is 2.42. The van der Waals surface area contributed by atoms with Crippen molar-refractivity contribution in [1.82, 2.24) is 15.1 Å². The number of nitrogens with zero attached hydrogens (tertiary/aromatic N) is 3. The van der Waals surface area contributed by atoms with Gasteiger partial charge in [0, 0.05) is 57.3 Å². The smallest absolute Gasteiger partial charge is 0.0638 e. The van der Waals surface area contributed by atoms with E-state index in [1.807, 2.05) is 18.7 Å². The Morgan fingerprint density at radius 3 is 2.46 bits per heavy atom. The van der Waals surface area contributed by atoms with Crippen molar-refractivity contribution >= 4 is 5.69 Å². The van der Waals surface area contributed by atoms with Gasteiger partial charge in [0.1, 0.15) is 0 Å². The number of aliphatic hydroxyl groups is 1. The summed E-state index contributed by atoms with van der Waals surface area (Å²) in [5, 5.41) is 17.1. The molecule has 2 aromatic rings. The number of anilines is 1. The van der Waals surface area contributed by atoms with Gasteiger partial charge in [-0.05, 0) is 43.4 Å². The second-order valence-electron chi connectivity index (χ2n) is 6.80. The lowest BCUT2D eigenvalue weighted by Gasteiger charge is -2.33. The van der Waals surface area contributed by atoms with Crippen molar-refractivity contribution in [3.8, 4) is 0 Å². The molecule has 0 atom stereocenters. The van der Waals surface area contributed by atoms with Crippen molar-refractivity contribution in [2.24, 2.45) is 13.0 Å². The third kappa shape index (κ3) is 4.16. The molecule has 5 nitrogen and oxygen atoms in total. The fourth-order valence-electron chi connectivity index (χ4n) is 3.36. The fraction of sp³-hybridized carbons (Fsp3) is 0.526. The minimum atomic E-state index is 0.328. The molecule has 2 N–H and O–H groups in total. The van der Waals surface area contributed by atoms with Crippen LogP contribution in [0, 0.1) is 12.8 Å². The van der Waals surface area contributed by atoms with Crippen LogP contribution in [-0.2, 0) is 20.1 Å². The van der Waals surface area contributed by atoms with Crippen LogP contribution in [0.25, 0.3) is 0 Å². The molecule has 2 heterocycles. The predicted octanol–water partition coefficient (Wildman–Crippen LogP) is 2.23. The summed E-state index contributed by atoms with van der Waals surface area (Å²) >= 11 is 0. The summed E-state index contributed by atoms with van der Waals surface area (Å²) in [7, 11) is 1.96. The topological polar surface area (TPSA) is 53.3 Å². The lowest BCUT2D eigenvalue weighted by atomic mass is 9.97. The van der Waals surface area contributed by atoms with E-state index in [9.17, 15) is 5.11 Å². The third-order valence-corrected chi connectivity index (χ3v) is 4.93. The summed E-state index contributed by atoms with van der Waals surface area (Å²) < 4.78 is 1.86. The van der Waals surface area contributed by atoms with E-state index in [4.69, 9.17) is 0 Å². The highest BCUT2D eigenvalue weighted by Crippen LogP contribution is 2.23. The SMILES string of the molecule is Cc1nn(C)cc1CNCc1ccc(N2CCC(CO)CC2)cc1. The Bertz CT molecular complexity index is 642. The number of aliphatic hydroxyl groups excluding tert-OH is 1. The number of aryl methyl sites for hydroxylation is 2. The van der Waals surface area contributed by atoms with Crippen LogP contribution in [0.5, 0.6) is 0 Å². The van der Waals surface area contributed by atoms with E-state index in [1.165, 1.54) is 16.8 Å². The summed E-state index contributed by atoms with van der Waals surface area (Å²) in [5.74, 6) is 0.487. The molecule has 0 bridgehead atoms. The zero-order valence-corrected chi connectivity index (χ0v) is 14.7. The van der Waals surface area contributed by atoms with Gasteiger partial charge >= 0.3 is 0 Å². The Balaban J connectivity index is 1.49. The van der Waals surface area contributed by atoms with E-state index < -0.39 is 0 Å². The number of aromatic nitrogens is 2. The van der Waals surface area contributed by atoms with Crippen LogP contribution in [-0.4, -0.2) is 34.6 Å². The van der Waals surface area contributed by atoms with Gasteiger partial charge in [-0.1, -0.05) is 12.1 Å². The Labute approximate surface area is 144 Å². The average molecular weight is 328 g/mol. The van der Waals surface area contributed by atoms with Crippen LogP contribution in [0.15, 0.2) is 30.5 Å². The molecule has 24 heavy (non-hydrogen) atoms. The molecule has 1 aliphatic rings. The van der Waals surface area contributed by atoms with Gasteiger partial charge in [0.05, 0.1) is 5.69 Å². The lowest BCUT2D eigenvalue weighted by molar-refractivity contribution is 0.203. The Morgan fingerprint density at radius 2 is 1.88 bits per heavy atom.